The molecule has 0 aromatic heterocycles. The van der Waals surface area contributed by atoms with Crippen molar-refractivity contribution < 1.29 is 18.8 Å². The Bertz CT molecular complexity index is 660. The Balaban J connectivity index is 1.55. The molecule has 5 heteroatoms. The van der Waals surface area contributed by atoms with E-state index in [4.69, 9.17) is 9.57 Å². The monoisotopic (exact) mass is 315 g/mol. The summed E-state index contributed by atoms with van der Waals surface area (Å²) < 4.78 is 18.1. The number of hydrogen-bond acceptors (Lipinski definition) is 4. The highest BCUT2D eigenvalue weighted by Gasteiger charge is 2.32. The number of rotatable bonds is 4. The molecule has 120 valence electrons. The van der Waals surface area contributed by atoms with Gasteiger partial charge < -0.3 is 4.74 Å². The number of esters is 1. The van der Waals surface area contributed by atoms with Crippen LogP contribution in [0.3, 0.4) is 0 Å². The molecule has 2 aromatic carbocycles. The predicted molar refractivity (Wildman–Crippen MR) is 83.1 cm³/mol. The van der Waals surface area contributed by atoms with Crippen LogP contribution in [0.15, 0.2) is 54.6 Å². The van der Waals surface area contributed by atoms with Crippen LogP contribution in [0.1, 0.15) is 28.4 Å². The molecular formula is C18H18FNO3. The molecule has 1 aliphatic heterocycles. The van der Waals surface area contributed by atoms with E-state index in [1.807, 2.05) is 25.2 Å². The van der Waals surface area contributed by atoms with Gasteiger partial charge in [0.05, 0.1) is 11.6 Å². The van der Waals surface area contributed by atoms with Crippen molar-refractivity contribution in [3.05, 3.63) is 71.5 Å². The second-order valence-electron chi connectivity index (χ2n) is 5.54. The molecule has 0 unspecified atom stereocenters. The highest BCUT2D eigenvalue weighted by molar-refractivity contribution is 5.89. The van der Waals surface area contributed by atoms with Gasteiger partial charge in [0.15, 0.2) is 0 Å². The highest BCUT2D eigenvalue weighted by atomic mass is 19.1. The van der Waals surface area contributed by atoms with Crippen molar-refractivity contribution in [2.24, 2.45) is 0 Å². The summed E-state index contributed by atoms with van der Waals surface area (Å²) in [7, 11) is 1.87. The van der Waals surface area contributed by atoms with Crippen LogP contribution in [0.4, 0.5) is 4.39 Å². The summed E-state index contributed by atoms with van der Waals surface area (Å²) in [6.45, 7) is 0.171. The van der Waals surface area contributed by atoms with Gasteiger partial charge in [-0.3, -0.25) is 4.84 Å². The van der Waals surface area contributed by atoms with Gasteiger partial charge in [-0.1, -0.05) is 30.3 Å². The minimum Gasteiger partial charge on any atom is -0.459 e. The quantitative estimate of drug-likeness (QED) is 0.811. The van der Waals surface area contributed by atoms with Crippen molar-refractivity contribution in [3.63, 3.8) is 0 Å². The fourth-order valence-electron chi connectivity index (χ4n) is 2.71. The summed E-state index contributed by atoms with van der Waals surface area (Å²) in [6, 6.07) is 15.5. The van der Waals surface area contributed by atoms with Crippen molar-refractivity contribution in [2.75, 3.05) is 13.7 Å². The molecule has 1 heterocycles. The van der Waals surface area contributed by atoms with E-state index in [-0.39, 0.29) is 24.6 Å². The second-order valence-corrected chi connectivity index (χ2v) is 5.54. The maximum Gasteiger partial charge on any atom is 0.338 e. The molecule has 0 radical (unpaired) electrons. The number of nitrogens with zero attached hydrogens (tertiary/aromatic N) is 1. The lowest BCUT2D eigenvalue weighted by Crippen LogP contribution is -2.20. The van der Waals surface area contributed by atoms with E-state index < -0.39 is 5.97 Å². The normalized spacial score (nSPS) is 21.3. The molecule has 0 saturated carbocycles. The van der Waals surface area contributed by atoms with E-state index in [1.54, 1.807) is 5.06 Å². The SMILES string of the molecule is CN1O[C@H](COC(=O)c2ccc(F)cc2)C[C@@H]1c1ccccc1. The molecule has 0 amide bonds. The van der Waals surface area contributed by atoms with Crippen LogP contribution >= 0.6 is 0 Å². The molecule has 0 spiro atoms. The molecule has 4 nitrogen and oxygen atoms in total. The number of carbonyl (C=O) groups excluding carboxylic acids is 1. The Morgan fingerprint density at radius 3 is 2.61 bits per heavy atom. The van der Waals surface area contributed by atoms with Crippen LogP contribution in [0.2, 0.25) is 0 Å². The maximum atomic E-state index is 12.9. The highest BCUT2D eigenvalue weighted by Crippen LogP contribution is 2.32. The number of ether oxygens (including phenoxy) is 1. The van der Waals surface area contributed by atoms with Gasteiger partial charge in [-0.15, -0.1) is 0 Å². The summed E-state index contributed by atoms with van der Waals surface area (Å²) in [5, 5.41) is 1.80. The van der Waals surface area contributed by atoms with Crippen LogP contribution in [0, 0.1) is 5.82 Å². The zero-order valence-electron chi connectivity index (χ0n) is 12.8. The van der Waals surface area contributed by atoms with Gasteiger partial charge >= 0.3 is 5.97 Å². The number of halogens is 1. The van der Waals surface area contributed by atoms with E-state index >= 15 is 0 Å². The minimum absolute atomic E-state index is 0.144. The molecule has 23 heavy (non-hydrogen) atoms. The standard InChI is InChI=1S/C18H18FNO3/c1-20-17(13-5-3-2-4-6-13)11-16(23-20)12-22-18(21)14-7-9-15(19)10-8-14/h2-10,16-17H,11-12H2,1H3/t16-,17+/m0/s1. The Kier molecular flexibility index (Phi) is 4.69. The maximum absolute atomic E-state index is 12.9. The van der Waals surface area contributed by atoms with Crippen molar-refractivity contribution in [1.82, 2.24) is 5.06 Å². The smallest absolute Gasteiger partial charge is 0.338 e. The van der Waals surface area contributed by atoms with E-state index in [0.29, 0.717) is 5.56 Å². The third-order valence-corrected chi connectivity index (χ3v) is 3.90. The fraction of sp³-hybridized carbons (Fsp3) is 0.278. The average molecular weight is 315 g/mol. The molecule has 0 N–H and O–H groups in total. The molecule has 2 aromatic rings. The van der Waals surface area contributed by atoms with Gasteiger partial charge in [-0.2, -0.15) is 5.06 Å². The number of hydrogen-bond donors (Lipinski definition) is 0. The molecular weight excluding hydrogens is 297 g/mol. The first-order valence-corrected chi connectivity index (χ1v) is 7.51. The topological polar surface area (TPSA) is 38.8 Å². The van der Waals surface area contributed by atoms with Crippen molar-refractivity contribution in [1.29, 1.82) is 0 Å². The Morgan fingerprint density at radius 1 is 1.22 bits per heavy atom. The Morgan fingerprint density at radius 2 is 1.91 bits per heavy atom. The third-order valence-electron chi connectivity index (χ3n) is 3.90. The number of benzene rings is 2. The zero-order chi connectivity index (χ0) is 16.2. The molecule has 2 atom stereocenters. The summed E-state index contributed by atoms with van der Waals surface area (Å²) in [5.41, 5.74) is 1.50. The van der Waals surface area contributed by atoms with Crippen molar-refractivity contribution in [2.45, 2.75) is 18.6 Å². The van der Waals surface area contributed by atoms with Crippen LogP contribution in [0.25, 0.3) is 0 Å². The summed E-state index contributed by atoms with van der Waals surface area (Å²) >= 11 is 0. The lowest BCUT2D eigenvalue weighted by Gasteiger charge is -2.17. The van der Waals surface area contributed by atoms with Gasteiger partial charge in [0.1, 0.15) is 18.5 Å². The van der Waals surface area contributed by atoms with Crippen LogP contribution in [-0.4, -0.2) is 30.8 Å². The third kappa shape index (κ3) is 3.75. The summed E-state index contributed by atoms with van der Waals surface area (Å²) in [5.74, 6) is -0.854. The van der Waals surface area contributed by atoms with Crippen LogP contribution < -0.4 is 0 Å². The second kappa shape index (κ2) is 6.89. The molecule has 0 aliphatic carbocycles. The van der Waals surface area contributed by atoms with Gasteiger partial charge in [0.25, 0.3) is 0 Å². The Labute approximate surface area is 134 Å². The molecule has 1 fully saturated rings. The van der Waals surface area contributed by atoms with Gasteiger partial charge in [-0.25, -0.2) is 9.18 Å². The zero-order valence-corrected chi connectivity index (χ0v) is 12.8. The minimum atomic E-state index is -0.473. The van der Waals surface area contributed by atoms with Gasteiger partial charge in [-0.05, 0) is 29.8 Å². The summed E-state index contributed by atoms with van der Waals surface area (Å²) in [4.78, 5) is 17.7. The van der Waals surface area contributed by atoms with E-state index in [9.17, 15) is 9.18 Å². The first kappa shape index (κ1) is 15.6. The van der Waals surface area contributed by atoms with Crippen molar-refractivity contribution >= 4 is 5.97 Å². The molecule has 1 saturated heterocycles. The predicted octanol–water partition coefficient (Wildman–Crippen LogP) is 3.36. The summed E-state index contributed by atoms with van der Waals surface area (Å²) in [6.07, 6.45) is 0.562. The molecule has 1 aliphatic rings. The molecule has 3 rings (SSSR count). The lowest BCUT2D eigenvalue weighted by molar-refractivity contribution is -0.153. The lowest BCUT2D eigenvalue weighted by atomic mass is 10.0. The number of carbonyl (C=O) groups is 1. The van der Waals surface area contributed by atoms with E-state index in [0.717, 1.165) is 6.42 Å². The van der Waals surface area contributed by atoms with Crippen LogP contribution in [-0.2, 0) is 9.57 Å². The van der Waals surface area contributed by atoms with Crippen molar-refractivity contribution in [3.8, 4) is 0 Å². The van der Waals surface area contributed by atoms with Gasteiger partial charge in [0, 0.05) is 13.5 Å². The van der Waals surface area contributed by atoms with E-state index in [2.05, 4.69) is 12.1 Å². The first-order valence-electron chi connectivity index (χ1n) is 7.51. The largest absolute Gasteiger partial charge is 0.459 e. The average Bonchev–Trinajstić information content (AvgIpc) is 2.95. The first-order chi connectivity index (χ1) is 11.1. The molecule has 0 bridgehead atoms. The Hall–Kier alpha value is -2.24. The van der Waals surface area contributed by atoms with Crippen LogP contribution in [0.5, 0.6) is 0 Å². The fourth-order valence-corrected chi connectivity index (χ4v) is 2.71. The van der Waals surface area contributed by atoms with E-state index in [1.165, 1.54) is 29.8 Å². The number of hydroxylamine groups is 2. The van der Waals surface area contributed by atoms with Gasteiger partial charge in [0.2, 0.25) is 0 Å².